The molecule has 386 valence electrons. The Hall–Kier alpha value is -2.92. The summed E-state index contributed by atoms with van der Waals surface area (Å²) in [5, 5.41) is 9.65. The van der Waals surface area contributed by atoms with Gasteiger partial charge in [0.2, 0.25) is 0 Å². The van der Waals surface area contributed by atoms with E-state index >= 15 is 0 Å². The summed E-state index contributed by atoms with van der Waals surface area (Å²) in [5.74, 6) is -0.585. The monoisotopic (exact) mass is 933 g/mol. The van der Waals surface area contributed by atoms with Gasteiger partial charge < -0.3 is 14.6 Å². The number of ether oxygens (including phenoxy) is 2. The van der Waals surface area contributed by atoms with Gasteiger partial charge in [0.05, 0.1) is 6.61 Å². The predicted octanol–water partition coefficient (Wildman–Crippen LogP) is 19.4. The summed E-state index contributed by atoms with van der Waals surface area (Å²) < 4.78 is 10.7. The lowest BCUT2D eigenvalue weighted by Crippen LogP contribution is -2.28. The fourth-order valence-electron chi connectivity index (χ4n) is 8.18. The smallest absolute Gasteiger partial charge is 0.306 e. The Balaban J connectivity index is 3.51. The van der Waals surface area contributed by atoms with Crippen LogP contribution in [0, 0.1) is 0 Å². The summed E-state index contributed by atoms with van der Waals surface area (Å²) in [6, 6.07) is 0. The summed E-state index contributed by atoms with van der Waals surface area (Å²) in [6.45, 7) is 4.05. The highest BCUT2D eigenvalue weighted by Crippen LogP contribution is 2.16. The van der Waals surface area contributed by atoms with E-state index in [-0.39, 0.29) is 25.2 Å². The van der Waals surface area contributed by atoms with Crippen LogP contribution in [0.2, 0.25) is 0 Å². The molecule has 5 nitrogen and oxygen atoms in total. The van der Waals surface area contributed by atoms with Crippen LogP contribution in [-0.2, 0) is 19.1 Å². The molecule has 1 atom stereocenters. The van der Waals surface area contributed by atoms with Crippen molar-refractivity contribution in [3.63, 3.8) is 0 Å². The number of esters is 2. The summed E-state index contributed by atoms with van der Waals surface area (Å²) in [4.78, 5) is 24.5. The van der Waals surface area contributed by atoms with Crippen LogP contribution in [0.25, 0.3) is 0 Å². The molecule has 0 amide bonds. The lowest BCUT2D eigenvalue weighted by Gasteiger charge is -2.15. The summed E-state index contributed by atoms with van der Waals surface area (Å²) in [6.07, 6.45) is 79.8. The number of hydrogen-bond donors (Lipinski definition) is 1. The number of carbonyl (C=O) groups is 2. The van der Waals surface area contributed by atoms with Gasteiger partial charge in [0.15, 0.2) is 6.10 Å². The molecule has 0 bridgehead atoms. The molecule has 0 radical (unpaired) electrons. The van der Waals surface area contributed by atoms with Crippen molar-refractivity contribution in [3.8, 4) is 0 Å². The molecule has 5 heteroatoms. The van der Waals surface area contributed by atoms with Gasteiger partial charge in [-0.15, -0.1) is 0 Å². The standard InChI is InChI=1S/C62H108O5/c1-3-5-7-9-11-13-15-17-19-21-23-25-26-27-28-29-30-31-32-33-34-35-36-37-39-41-43-45-47-49-51-53-55-57-62(65)67-60(58-63)59-66-61(64)56-54-52-50-48-46-44-42-40-38-24-22-20-18-16-14-12-10-8-6-4-2/h5,7,11,13,17,19,23,25,27-28,30-31,33-34,60,63H,3-4,6,8-10,12,14-16,18,20-22,24,26,29,32,35-59H2,1-2H3/b7-5-,13-11-,19-17-,25-23-,28-27-,31-30-,34-33-. The Morgan fingerprint density at radius 1 is 0.358 bits per heavy atom. The number of hydrogen-bond acceptors (Lipinski definition) is 5. The minimum Gasteiger partial charge on any atom is -0.462 e. The second-order valence-corrected chi connectivity index (χ2v) is 19.0. The molecule has 0 fully saturated rings. The molecule has 1 unspecified atom stereocenters. The maximum absolute atomic E-state index is 12.3. The third kappa shape index (κ3) is 55.6. The van der Waals surface area contributed by atoms with Gasteiger partial charge in [-0.25, -0.2) is 0 Å². The van der Waals surface area contributed by atoms with Crippen LogP contribution >= 0.6 is 0 Å². The normalized spacial score (nSPS) is 12.8. The Morgan fingerprint density at radius 2 is 0.642 bits per heavy atom. The van der Waals surface area contributed by atoms with Crippen molar-refractivity contribution < 1.29 is 24.2 Å². The van der Waals surface area contributed by atoms with Crippen molar-refractivity contribution in [1.82, 2.24) is 0 Å². The molecule has 0 aliphatic rings. The zero-order valence-electron chi connectivity index (χ0n) is 44.1. The minimum absolute atomic E-state index is 0.0664. The molecule has 1 N–H and O–H groups in total. The highest BCUT2D eigenvalue weighted by atomic mass is 16.6. The first-order valence-electron chi connectivity index (χ1n) is 28.6. The van der Waals surface area contributed by atoms with Gasteiger partial charge in [0.1, 0.15) is 6.61 Å². The van der Waals surface area contributed by atoms with Gasteiger partial charge in [0, 0.05) is 12.8 Å². The third-order valence-corrected chi connectivity index (χ3v) is 12.5. The third-order valence-electron chi connectivity index (χ3n) is 12.5. The van der Waals surface area contributed by atoms with Crippen molar-refractivity contribution >= 4 is 11.9 Å². The highest BCUT2D eigenvalue weighted by Gasteiger charge is 2.16. The molecule has 0 aromatic heterocycles. The second-order valence-electron chi connectivity index (χ2n) is 19.0. The fourth-order valence-corrected chi connectivity index (χ4v) is 8.18. The SMILES string of the molecule is CC/C=C\C/C=C\C/C=C\C/C=C\C/C=C\C/C=C\C/C=C\CCCCCCCCCCCCCC(=O)OC(CO)COC(=O)CCCCCCCCCCCCCCCCCCCCCC. The van der Waals surface area contributed by atoms with Gasteiger partial charge in [0.25, 0.3) is 0 Å². The van der Waals surface area contributed by atoms with Crippen molar-refractivity contribution in [2.24, 2.45) is 0 Å². The van der Waals surface area contributed by atoms with Crippen molar-refractivity contribution in [3.05, 3.63) is 85.1 Å². The fraction of sp³-hybridized carbons (Fsp3) is 0.742. The van der Waals surface area contributed by atoms with E-state index in [0.717, 1.165) is 83.5 Å². The first kappa shape index (κ1) is 64.1. The Kier molecular flexibility index (Phi) is 54.9. The number of allylic oxidation sites excluding steroid dienone is 14. The Morgan fingerprint density at radius 3 is 0.970 bits per heavy atom. The Labute approximate surface area is 416 Å². The number of aliphatic hydroxyl groups excluding tert-OH is 1. The van der Waals surface area contributed by atoms with Gasteiger partial charge in [-0.2, -0.15) is 0 Å². The minimum atomic E-state index is -0.776. The quantitative estimate of drug-likeness (QED) is 0.0374. The molecule has 0 saturated heterocycles. The van der Waals surface area contributed by atoms with E-state index in [2.05, 4.69) is 98.9 Å². The van der Waals surface area contributed by atoms with Gasteiger partial charge >= 0.3 is 11.9 Å². The van der Waals surface area contributed by atoms with Crippen LogP contribution in [0.5, 0.6) is 0 Å². The van der Waals surface area contributed by atoms with Crippen molar-refractivity contribution in [1.29, 1.82) is 0 Å². The van der Waals surface area contributed by atoms with E-state index in [0.29, 0.717) is 12.8 Å². The molecule has 0 saturated carbocycles. The zero-order valence-corrected chi connectivity index (χ0v) is 44.1. The van der Waals surface area contributed by atoms with Crippen molar-refractivity contribution in [2.45, 2.75) is 283 Å². The highest BCUT2D eigenvalue weighted by molar-refractivity contribution is 5.70. The maximum Gasteiger partial charge on any atom is 0.306 e. The molecule has 0 rings (SSSR count). The van der Waals surface area contributed by atoms with Gasteiger partial charge in [-0.05, 0) is 70.6 Å². The topological polar surface area (TPSA) is 72.8 Å². The first-order chi connectivity index (χ1) is 33.1. The van der Waals surface area contributed by atoms with Crippen molar-refractivity contribution in [2.75, 3.05) is 13.2 Å². The van der Waals surface area contributed by atoms with E-state index in [1.165, 1.54) is 167 Å². The Bertz CT molecular complexity index is 1240. The first-order valence-corrected chi connectivity index (χ1v) is 28.6. The number of unbranched alkanes of at least 4 members (excludes halogenated alkanes) is 30. The molecule has 0 spiro atoms. The molecule has 0 aromatic carbocycles. The lowest BCUT2D eigenvalue weighted by atomic mass is 10.0. The molecule has 0 aliphatic carbocycles. The molecule has 0 heterocycles. The summed E-state index contributed by atoms with van der Waals surface area (Å²) in [7, 11) is 0. The van der Waals surface area contributed by atoms with E-state index in [4.69, 9.17) is 9.47 Å². The molecule has 67 heavy (non-hydrogen) atoms. The number of rotatable bonds is 52. The summed E-state index contributed by atoms with van der Waals surface area (Å²) in [5.41, 5.74) is 0. The maximum atomic E-state index is 12.3. The predicted molar refractivity (Wildman–Crippen MR) is 293 cm³/mol. The average molecular weight is 934 g/mol. The van der Waals surface area contributed by atoms with Crippen LogP contribution in [-0.4, -0.2) is 36.4 Å². The molecule has 0 aliphatic heterocycles. The summed E-state index contributed by atoms with van der Waals surface area (Å²) >= 11 is 0. The number of aliphatic hydroxyl groups is 1. The lowest BCUT2D eigenvalue weighted by molar-refractivity contribution is -0.161. The van der Waals surface area contributed by atoms with E-state index in [1.54, 1.807) is 0 Å². The second kappa shape index (κ2) is 57.4. The van der Waals surface area contributed by atoms with Gasteiger partial charge in [-0.3, -0.25) is 9.59 Å². The van der Waals surface area contributed by atoms with Crippen LogP contribution in [0.3, 0.4) is 0 Å². The van der Waals surface area contributed by atoms with E-state index in [9.17, 15) is 14.7 Å². The van der Waals surface area contributed by atoms with E-state index < -0.39 is 6.10 Å². The zero-order chi connectivity index (χ0) is 48.5. The van der Waals surface area contributed by atoms with Crippen LogP contribution in [0.4, 0.5) is 0 Å². The van der Waals surface area contributed by atoms with Crippen LogP contribution < -0.4 is 0 Å². The average Bonchev–Trinajstić information content (AvgIpc) is 3.33. The van der Waals surface area contributed by atoms with Gasteiger partial charge in [-0.1, -0.05) is 279 Å². The molecular weight excluding hydrogens is 825 g/mol. The van der Waals surface area contributed by atoms with Crippen LogP contribution in [0.1, 0.15) is 277 Å². The van der Waals surface area contributed by atoms with Crippen LogP contribution in [0.15, 0.2) is 85.1 Å². The largest absolute Gasteiger partial charge is 0.462 e. The number of carbonyl (C=O) groups excluding carboxylic acids is 2. The molecular formula is C62H108O5. The molecule has 0 aromatic rings. The van der Waals surface area contributed by atoms with E-state index in [1.807, 2.05) is 0 Å².